The van der Waals surface area contributed by atoms with E-state index in [1.165, 1.54) is 17.9 Å². The van der Waals surface area contributed by atoms with Crippen LogP contribution in [0.2, 0.25) is 5.02 Å². The Morgan fingerprint density at radius 2 is 1.93 bits per heavy atom. The lowest BCUT2D eigenvalue weighted by Crippen LogP contribution is -2.20. The van der Waals surface area contributed by atoms with Gasteiger partial charge in [-0.2, -0.15) is 5.10 Å². The first-order valence-corrected chi connectivity index (χ1v) is 10.6. The molecule has 0 saturated heterocycles. The lowest BCUT2D eigenvalue weighted by atomic mass is 10.2. The highest BCUT2D eigenvalue weighted by Gasteiger charge is 2.21. The average Bonchev–Trinajstić information content (AvgIpc) is 3.06. The first-order chi connectivity index (χ1) is 13.8. The van der Waals surface area contributed by atoms with E-state index in [1.807, 2.05) is 0 Å². The topological polar surface area (TPSA) is 98.1 Å². The number of amides is 2. The normalized spacial score (nSPS) is 10.5. The van der Waals surface area contributed by atoms with Crippen LogP contribution in [0.15, 0.2) is 50.1 Å². The van der Waals surface area contributed by atoms with Crippen LogP contribution < -0.4 is 10.6 Å². The summed E-state index contributed by atoms with van der Waals surface area (Å²) in [4.78, 5) is 28.9. The number of nitrogens with one attached hydrogen (secondary N) is 2. The molecule has 3 aromatic rings. The molecule has 12 heteroatoms. The Morgan fingerprint density at radius 1 is 1.17 bits per heavy atom. The number of anilines is 2. The fourth-order valence-electron chi connectivity index (χ4n) is 2.35. The van der Waals surface area contributed by atoms with Crippen molar-refractivity contribution in [3.63, 3.8) is 0 Å². The first kappa shape index (κ1) is 21.8. The van der Waals surface area contributed by atoms with Crippen LogP contribution in [0.5, 0.6) is 0 Å². The molecule has 150 valence electrons. The standard InChI is InChI=1S/C17H11Br3ClN5O3/c1-29-17(28)23-11-6-8(18)5-9(19)14(11)24-16(27)12-7-13(20)25-26(12)15-10(21)3-2-4-22-15/h2-7H,1H3,(H,23,28)(H,24,27). The molecule has 0 bridgehead atoms. The molecule has 0 spiro atoms. The summed E-state index contributed by atoms with van der Waals surface area (Å²) in [5, 5.41) is 9.89. The van der Waals surface area contributed by atoms with E-state index in [1.54, 1.807) is 30.5 Å². The Bertz CT molecular complexity index is 1110. The van der Waals surface area contributed by atoms with Crippen molar-refractivity contribution >= 4 is 82.8 Å². The zero-order chi connectivity index (χ0) is 21.1. The summed E-state index contributed by atoms with van der Waals surface area (Å²) >= 11 is 16.2. The molecule has 0 aliphatic heterocycles. The molecular formula is C17H11Br3ClN5O3. The van der Waals surface area contributed by atoms with E-state index in [0.29, 0.717) is 35.8 Å². The highest BCUT2D eigenvalue weighted by Crippen LogP contribution is 2.35. The molecule has 2 heterocycles. The molecule has 0 aliphatic carbocycles. The van der Waals surface area contributed by atoms with Crippen molar-refractivity contribution in [2.24, 2.45) is 0 Å². The highest BCUT2D eigenvalue weighted by atomic mass is 79.9. The maximum absolute atomic E-state index is 13.0. The summed E-state index contributed by atoms with van der Waals surface area (Å²) in [5.74, 6) is -0.200. The monoisotopic (exact) mass is 605 g/mol. The van der Waals surface area contributed by atoms with Crippen LogP contribution in [0, 0.1) is 0 Å². The predicted molar refractivity (Wildman–Crippen MR) is 120 cm³/mol. The number of halogens is 4. The van der Waals surface area contributed by atoms with E-state index in [4.69, 9.17) is 11.6 Å². The summed E-state index contributed by atoms with van der Waals surface area (Å²) in [6, 6.07) is 8.19. The third-order valence-electron chi connectivity index (χ3n) is 3.57. The largest absolute Gasteiger partial charge is 0.453 e. The molecule has 0 saturated carbocycles. The van der Waals surface area contributed by atoms with Crippen molar-refractivity contribution in [2.75, 3.05) is 17.7 Å². The molecule has 0 radical (unpaired) electrons. The fourth-order valence-corrected chi connectivity index (χ4v) is 4.25. The van der Waals surface area contributed by atoms with Crippen LogP contribution in [0.4, 0.5) is 16.2 Å². The Kier molecular flexibility index (Phi) is 6.93. The van der Waals surface area contributed by atoms with Gasteiger partial charge in [-0.15, -0.1) is 0 Å². The van der Waals surface area contributed by atoms with E-state index in [-0.39, 0.29) is 5.69 Å². The van der Waals surface area contributed by atoms with Gasteiger partial charge in [0.1, 0.15) is 10.3 Å². The van der Waals surface area contributed by atoms with Gasteiger partial charge in [0.05, 0.1) is 23.5 Å². The van der Waals surface area contributed by atoms with Gasteiger partial charge in [0, 0.05) is 21.2 Å². The molecule has 29 heavy (non-hydrogen) atoms. The van der Waals surface area contributed by atoms with Crippen LogP contribution in [-0.4, -0.2) is 33.9 Å². The van der Waals surface area contributed by atoms with Crippen molar-refractivity contribution < 1.29 is 14.3 Å². The van der Waals surface area contributed by atoms with Gasteiger partial charge in [-0.1, -0.05) is 27.5 Å². The molecule has 0 atom stereocenters. The van der Waals surface area contributed by atoms with Gasteiger partial charge in [0.25, 0.3) is 5.91 Å². The summed E-state index contributed by atoms with van der Waals surface area (Å²) in [6.45, 7) is 0. The number of pyridine rings is 1. The minimum atomic E-state index is -0.682. The van der Waals surface area contributed by atoms with Crippen molar-refractivity contribution in [1.29, 1.82) is 0 Å². The third kappa shape index (κ3) is 4.97. The summed E-state index contributed by atoms with van der Waals surface area (Å²) < 4.78 is 7.60. The quantitative estimate of drug-likeness (QED) is 0.400. The van der Waals surface area contributed by atoms with Crippen molar-refractivity contribution in [1.82, 2.24) is 14.8 Å². The summed E-state index contributed by atoms with van der Waals surface area (Å²) in [7, 11) is 1.24. The van der Waals surface area contributed by atoms with Gasteiger partial charge >= 0.3 is 6.09 Å². The number of methoxy groups -OCH3 is 1. The lowest BCUT2D eigenvalue weighted by Gasteiger charge is -2.15. The van der Waals surface area contributed by atoms with Gasteiger partial charge in [0.2, 0.25) is 0 Å². The Hall–Kier alpha value is -1.95. The molecule has 8 nitrogen and oxygen atoms in total. The zero-order valence-corrected chi connectivity index (χ0v) is 20.1. The SMILES string of the molecule is COC(=O)Nc1cc(Br)cc(Br)c1NC(=O)c1cc(Br)nn1-c1ncccc1Cl. The number of nitrogens with zero attached hydrogens (tertiary/aromatic N) is 3. The second-order valence-electron chi connectivity index (χ2n) is 5.45. The lowest BCUT2D eigenvalue weighted by molar-refractivity contribution is 0.101. The predicted octanol–water partition coefficient (Wildman–Crippen LogP) is 5.64. The van der Waals surface area contributed by atoms with Crippen LogP contribution in [0.1, 0.15) is 10.5 Å². The van der Waals surface area contributed by atoms with E-state index in [9.17, 15) is 9.59 Å². The Morgan fingerprint density at radius 3 is 2.62 bits per heavy atom. The van der Waals surface area contributed by atoms with Gasteiger partial charge in [0.15, 0.2) is 5.82 Å². The fraction of sp³-hybridized carbons (Fsp3) is 0.0588. The first-order valence-electron chi connectivity index (χ1n) is 7.82. The summed E-state index contributed by atoms with van der Waals surface area (Å²) in [6.07, 6.45) is 0.862. The van der Waals surface area contributed by atoms with Crippen molar-refractivity contribution in [3.05, 3.63) is 60.8 Å². The molecule has 1 aromatic carbocycles. The molecule has 2 aromatic heterocycles. The third-order valence-corrected chi connectivity index (χ3v) is 5.33. The number of hydrogen-bond donors (Lipinski definition) is 2. The number of ether oxygens (including phenoxy) is 1. The Balaban J connectivity index is 2.00. The minimum absolute atomic E-state index is 0.177. The number of aromatic nitrogens is 3. The van der Waals surface area contributed by atoms with Gasteiger partial charge in [-0.25, -0.2) is 14.5 Å². The maximum Gasteiger partial charge on any atom is 0.411 e. The number of carbonyl (C=O) groups is 2. The van der Waals surface area contributed by atoms with Gasteiger partial charge < -0.3 is 10.1 Å². The Labute approximate surface area is 195 Å². The van der Waals surface area contributed by atoms with E-state index < -0.39 is 12.0 Å². The molecule has 2 amide bonds. The molecule has 0 aliphatic rings. The molecule has 3 rings (SSSR count). The second-order valence-corrected chi connectivity index (χ2v) is 8.44. The van der Waals surface area contributed by atoms with Crippen LogP contribution >= 0.6 is 59.4 Å². The van der Waals surface area contributed by atoms with Crippen molar-refractivity contribution in [2.45, 2.75) is 0 Å². The van der Waals surface area contributed by atoms with Gasteiger partial charge in [-0.3, -0.25) is 10.1 Å². The zero-order valence-electron chi connectivity index (χ0n) is 14.5. The van der Waals surface area contributed by atoms with E-state index in [0.717, 1.165) is 0 Å². The highest BCUT2D eigenvalue weighted by molar-refractivity contribution is 9.11. The van der Waals surface area contributed by atoms with E-state index >= 15 is 0 Å². The smallest absolute Gasteiger partial charge is 0.411 e. The van der Waals surface area contributed by atoms with Crippen molar-refractivity contribution in [3.8, 4) is 5.82 Å². The number of hydrogen-bond acceptors (Lipinski definition) is 5. The minimum Gasteiger partial charge on any atom is -0.453 e. The molecule has 2 N–H and O–H groups in total. The molecule has 0 fully saturated rings. The summed E-state index contributed by atoms with van der Waals surface area (Å²) in [5.41, 5.74) is 0.836. The molecular weight excluding hydrogens is 597 g/mol. The van der Waals surface area contributed by atoms with Crippen LogP contribution in [0.25, 0.3) is 5.82 Å². The van der Waals surface area contributed by atoms with E-state index in [2.05, 4.69) is 73.2 Å². The number of rotatable bonds is 4. The number of carbonyl (C=O) groups excluding carboxylic acids is 2. The second kappa shape index (κ2) is 9.24. The molecule has 0 unspecified atom stereocenters. The average molecular weight is 608 g/mol. The van der Waals surface area contributed by atoms with Gasteiger partial charge in [-0.05, 0) is 56.1 Å². The number of benzene rings is 1. The van der Waals surface area contributed by atoms with Crippen LogP contribution in [0.3, 0.4) is 0 Å². The van der Waals surface area contributed by atoms with Crippen LogP contribution in [-0.2, 0) is 4.74 Å². The maximum atomic E-state index is 13.0.